The van der Waals surface area contributed by atoms with Crippen molar-refractivity contribution < 1.29 is 9.18 Å². The van der Waals surface area contributed by atoms with E-state index < -0.39 is 0 Å². The van der Waals surface area contributed by atoms with Gasteiger partial charge in [-0.05, 0) is 43.7 Å². The van der Waals surface area contributed by atoms with E-state index in [9.17, 15) is 9.18 Å². The molecule has 0 bridgehead atoms. The number of hydrogen-bond donors (Lipinski definition) is 1. The van der Waals surface area contributed by atoms with Crippen molar-refractivity contribution in [2.24, 2.45) is 5.73 Å². The number of nitrogens with zero attached hydrogens (tertiary/aromatic N) is 3. The molecule has 3 aromatic rings. The molecular weight excluding hydrogens is 355 g/mol. The van der Waals surface area contributed by atoms with E-state index in [1.807, 2.05) is 48.9 Å². The van der Waals surface area contributed by atoms with E-state index >= 15 is 0 Å². The summed E-state index contributed by atoms with van der Waals surface area (Å²) in [6.45, 7) is 4.39. The highest BCUT2D eigenvalue weighted by molar-refractivity contribution is 5.97. The second-order valence-corrected chi connectivity index (χ2v) is 7.10. The Morgan fingerprint density at radius 3 is 2.46 bits per heavy atom. The van der Waals surface area contributed by atoms with Gasteiger partial charge in [0, 0.05) is 30.5 Å². The maximum Gasteiger partial charge on any atom is 0.229 e. The molecule has 1 aromatic heterocycles. The highest BCUT2D eigenvalue weighted by atomic mass is 19.1. The second kappa shape index (κ2) is 7.20. The van der Waals surface area contributed by atoms with E-state index in [1.54, 1.807) is 17.0 Å². The van der Waals surface area contributed by atoms with E-state index in [-0.39, 0.29) is 23.7 Å². The average Bonchev–Trinajstić information content (AvgIpc) is 3.09. The first-order valence-electron chi connectivity index (χ1n) is 9.51. The van der Waals surface area contributed by atoms with Crippen LogP contribution in [0.4, 0.5) is 10.2 Å². The summed E-state index contributed by atoms with van der Waals surface area (Å²) in [7, 11) is 0. The van der Waals surface area contributed by atoms with Crippen molar-refractivity contribution in [1.82, 2.24) is 9.78 Å². The van der Waals surface area contributed by atoms with Crippen molar-refractivity contribution in [3.8, 4) is 5.69 Å². The topological polar surface area (TPSA) is 64.2 Å². The van der Waals surface area contributed by atoms with Crippen LogP contribution in [0.1, 0.15) is 49.0 Å². The number of carbonyl (C=O) groups excluding carboxylic acids is 1. The number of fused-ring (bicyclic) bond motifs is 1. The molecule has 0 spiro atoms. The van der Waals surface area contributed by atoms with Crippen molar-refractivity contribution in [2.75, 3.05) is 11.4 Å². The van der Waals surface area contributed by atoms with Crippen LogP contribution in [0.25, 0.3) is 5.69 Å². The Bertz CT molecular complexity index is 995. The molecule has 1 aliphatic rings. The highest BCUT2D eigenvalue weighted by Crippen LogP contribution is 2.44. The lowest BCUT2D eigenvalue weighted by molar-refractivity contribution is -0.119. The number of amides is 1. The molecule has 2 aromatic carbocycles. The quantitative estimate of drug-likeness (QED) is 0.748. The summed E-state index contributed by atoms with van der Waals surface area (Å²) in [6, 6.07) is 15.8. The van der Waals surface area contributed by atoms with Crippen molar-refractivity contribution in [3.63, 3.8) is 0 Å². The Morgan fingerprint density at radius 1 is 1.18 bits per heavy atom. The lowest BCUT2D eigenvalue weighted by Gasteiger charge is -2.32. The SMILES string of the molecule is CCN1C(=O)C[C@H](c2ccc(F)cc2)c2c(C(C)N)nn(-c3ccccc3)c21. The van der Waals surface area contributed by atoms with Crippen LogP contribution in [0, 0.1) is 5.82 Å². The minimum atomic E-state index is -0.298. The zero-order chi connectivity index (χ0) is 19.8. The van der Waals surface area contributed by atoms with Crippen LogP contribution >= 0.6 is 0 Å². The summed E-state index contributed by atoms with van der Waals surface area (Å²) in [5.41, 5.74) is 9.75. The molecule has 0 radical (unpaired) electrons. The Hall–Kier alpha value is -2.99. The predicted molar refractivity (Wildman–Crippen MR) is 107 cm³/mol. The fourth-order valence-corrected chi connectivity index (χ4v) is 3.93. The number of hydrogen-bond acceptors (Lipinski definition) is 3. The van der Waals surface area contributed by atoms with Gasteiger partial charge in [-0.2, -0.15) is 5.10 Å². The van der Waals surface area contributed by atoms with Gasteiger partial charge in [0.25, 0.3) is 0 Å². The fourth-order valence-electron chi connectivity index (χ4n) is 3.93. The molecule has 1 amide bonds. The Labute approximate surface area is 163 Å². The number of anilines is 1. The van der Waals surface area contributed by atoms with Gasteiger partial charge >= 0.3 is 0 Å². The number of carbonyl (C=O) groups is 1. The second-order valence-electron chi connectivity index (χ2n) is 7.10. The van der Waals surface area contributed by atoms with E-state index in [0.717, 1.165) is 28.3 Å². The summed E-state index contributed by atoms with van der Waals surface area (Å²) >= 11 is 0. The number of benzene rings is 2. The van der Waals surface area contributed by atoms with Crippen LogP contribution < -0.4 is 10.6 Å². The molecule has 0 fully saturated rings. The number of halogens is 1. The fraction of sp³-hybridized carbons (Fsp3) is 0.273. The van der Waals surface area contributed by atoms with E-state index in [1.165, 1.54) is 12.1 Å². The zero-order valence-corrected chi connectivity index (χ0v) is 16.0. The molecule has 6 heteroatoms. The van der Waals surface area contributed by atoms with Crippen molar-refractivity contribution in [2.45, 2.75) is 32.2 Å². The standard InChI is InChI=1S/C22H23FN4O/c1-3-26-19(28)13-18(15-9-11-16(23)12-10-15)20-21(14(2)24)25-27(22(20)26)17-7-5-4-6-8-17/h4-12,14,18H,3,13,24H2,1-2H3/t14?,18-/m1/s1. The Kier molecular flexibility index (Phi) is 4.73. The van der Waals surface area contributed by atoms with Gasteiger partial charge in [-0.1, -0.05) is 30.3 Å². The molecule has 1 unspecified atom stereocenters. The first-order valence-corrected chi connectivity index (χ1v) is 9.51. The molecule has 5 nitrogen and oxygen atoms in total. The van der Waals surface area contributed by atoms with E-state index in [4.69, 9.17) is 10.8 Å². The molecule has 2 atom stereocenters. The zero-order valence-electron chi connectivity index (χ0n) is 16.0. The maximum absolute atomic E-state index is 13.5. The first kappa shape index (κ1) is 18.4. The number of para-hydroxylation sites is 1. The summed E-state index contributed by atoms with van der Waals surface area (Å²) in [6.07, 6.45) is 0.312. The lowest BCUT2D eigenvalue weighted by Crippen LogP contribution is -2.38. The van der Waals surface area contributed by atoms with Gasteiger partial charge in [0.1, 0.15) is 11.6 Å². The van der Waals surface area contributed by atoms with Crippen LogP contribution in [0.5, 0.6) is 0 Å². The number of nitrogens with two attached hydrogens (primary N) is 1. The Morgan fingerprint density at radius 2 is 1.86 bits per heavy atom. The average molecular weight is 378 g/mol. The van der Waals surface area contributed by atoms with Gasteiger partial charge in [0.15, 0.2) is 0 Å². The van der Waals surface area contributed by atoms with Crippen molar-refractivity contribution >= 4 is 11.7 Å². The van der Waals surface area contributed by atoms with Crippen LogP contribution in [-0.4, -0.2) is 22.2 Å². The molecule has 0 aliphatic carbocycles. The molecule has 144 valence electrons. The third-order valence-electron chi connectivity index (χ3n) is 5.23. The summed E-state index contributed by atoms with van der Waals surface area (Å²) in [5.74, 6) is 0.280. The number of rotatable bonds is 4. The van der Waals surface area contributed by atoms with Gasteiger partial charge in [-0.25, -0.2) is 9.07 Å². The highest BCUT2D eigenvalue weighted by Gasteiger charge is 2.38. The molecular formula is C22H23FN4O. The maximum atomic E-state index is 13.5. The minimum absolute atomic E-state index is 0.0256. The van der Waals surface area contributed by atoms with Crippen molar-refractivity contribution in [3.05, 3.63) is 77.2 Å². The van der Waals surface area contributed by atoms with Gasteiger partial charge in [-0.3, -0.25) is 9.69 Å². The molecule has 2 heterocycles. The molecule has 2 N–H and O–H groups in total. The van der Waals surface area contributed by atoms with E-state index in [2.05, 4.69) is 0 Å². The third-order valence-corrected chi connectivity index (χ3v) is 5.23. The van der Waals surface area contributed by atoms with Gasteiger partial charge < -0.3 is 5.73 Å². The van der Waals surface area contributed by atoms with E-state index in [0.29, 0.717) is 13.0 Å². The van der Waals surface area contributed by atoms with Gasteiger partial charge in [0.05, 0.1) is 11.4 Å². The first-order chi connectivity index (χ1) is 13.5. The normalized spacial score (nSPS) is 17.5. The summed E-state index contributed by atoms with van der Waals surface area (Å²) in [4.78, 5) is 14.7. The van der Waals surface area contributed by atoms with Crippen molar-refractivity contribution in [1.29, 1.82) is 0 Å². The third kappa shape index (κ3) is 2.99. The summed E-state index contributed by atoms with van der Waals surface area (Å²) in [5, 5.41) is 4.81. The predicted octanol–water partition coefficient (Wildman–Crippen LogP) is 3.92. The lowest BCUT2D eigenvalue weighted by atomic mass is 9.84. The minimum Gasteiger partial charge on any atom is -0.323 e. The summed E-state index contributed by atoms with van der Waals surface area (Å²) < 4.78 is 15.3. The monoisotopic (exact) mass is 378 g/mol. The molecule has 0 saturated carbocycles. The molecule has 1 aliphatic heterocycles. The smallest absolute Gasteiger partial charge is 0.229 e. The van der Waals surface area contributed by atoms with Crippen LogP contribution in [0.3, 0.4) is 0 Å². The molecule has 28 heavy (non-hydrogen) atoms. The van der Waals surface area contributed by atoms with Crippen LogP contribution in [0.15, 0.2) is 54.6 Å². The van der Waals surface area contributed by atoms with Crippen LogP contribution in [0.2, 0.25) is 0 Å². The van der Waals surface area contributed by atoms with Gasteiger partial charge in [-0.15, -0.1) is 0 Å². The number of aromatic nitrogens is 2. The Balaban J connectivity index is 1.99. The molecule has 4 rings (SSSR count). The largest absolute Gasteiger partial charge is 0.323 e. The van der Waals surface area contributed by atoms with Gasteiger partial charge in [0.2, 0.25) is 5.91 Å². The van der Waals surface area contributed by atoms with Crippen LogP contribution in [-0.2, 0) is 4.79 Å². The molecule has 0 saturated heterocycles.